The first-order valence-corrected chi connectivity index (χ1v) is 17.2. The van der Waals surface area contributed by atoms with Crippen LogP contribution in [0.4, 0.5) is 11.4 Å². The highest BCUT2D eigenvalue weighted by atomic mass is 15.2. The van der Waals surface area contributed by atoms with Crippen molar-refractivity contribution in [3.05, 3.63) is 125 Å². The van der Waals surface area contributed by atoms with E-state index in [4.69, 9.17) is 0 Å². The molecule has 0 spiro atoms. The van der Waals surface area contributed by atoms with E-state index in [1.54, 1.807) is 0 Å². The summed E-state index contributed by atoms with van der Waals surface area (Å²) in [5.74, 6) is 0.853. The van der Waals surface area contributed by atoms with E-state index < -0.39 is 0 Å². The van der Waals surface area contributed by atoms with Crippen LogP contribution in [0.1, 0.15) is 67.3 Å². The first kappa shape index (κ1) is 28.4. The Balaban J connectivity index is 1.44. The number of pyridine rings is 1. The third kappa shape index (κ3) is 3.79. The molecule has 0 N–H and O–H groups in total. The van der Waals surface area contributed by atoms with E-state index in [0.717, 1.165) is 6.54 Å². The normalized spacial score (nSPS) is 13.6. The summed E-state index contributed by atoms with van der Waals surface area (Å²) in [6.07, 6.45) is 2.46. The minimum atomic E-state index is 0.170. The number of benzene rings is 5. The molecule has 0 saturated carbocycles. The molecule has 2 aromatic heterocycles. The molecule has 47 heavy (non-hydrogen) atoms. The highest BCUT2D eigenvalue weighted by molar-refractivity contribution is 6.98. The number of aromatic nitrogens is 2. The molecule has 9 rings (SSSR count). The van der Waals surface area contributed by atoms with Crippen molar-refractivity contribution in [1.29, 1.82) is 0 Å². The molecule has 0 radical (unpaired) electrons. The van der Waals surface area contributed by atoms with Gasteiger partial charge in [0, 0.05) is 40.3 Å². The summed E-state index contributed by atoms with van der Waals surface area (Å²) in [6, 6.07) is 34.4. The van der Waals surface area contributed by atoms with E-state index in [2.05, 4.69) is 160 Å². The van der Waals surface area contributed by atoms with Crippen molar-refractivity contribution in [1.82, 2.24) is 4.40 Å². The largest absolute Gasteiger partial charge is 0.345 e. The molecule has 0 aliphatic carbocycles. The first-order valence-electron chi connectivity index (χ1n) is 17.2. The van der Waals surface area contributed by atoms with Crippen molar-refractivity contribution in [2.45, 2.75) is 59.9 Å². The Kier molecular flexibility index (Phi) is 6.09. The average Bonchev–Trinajstić information content (AvgIpc) is 3.62. The quantitative estimate of drug-likeness (QED) is 0.112. The SMILES string of the molecule is Cc1cccc(C)c1B1c2ccccc2N(C)c2c1cc1c3ccccc3n3c(-c4c(C(C)C)cccc4C(C)C)c[n+]4c3c1c2C4. The molecular weight excluding hydrogens is 569 g/mol. The Morgan fingerprint density at radius 3 is 2.11 bits per heavy atom. The number of anilines is 2. The Morgan fingerprint density at radius 2 is 1.38 bits per heavy atom. The van der Waals surface area contributed by atoms with Gasteiger partial charge >= 0.3 is 0 Å². The molecule has 0 fully saturated rings. The molecule has 7 aromatic rings. The molecule has 0 amide bonds. The van der Waals surface area contributed by atoms with Crippen molar-refractivity contribution < 1.29 is 4.57 Å². The topological polar surface area (TPSA) is 11.5 Å². The summed E-state index contributed by atoms with van der Waals surface area (Å²) in [6.45, 7) is 14.9. The summed E-state index contributed by atoms with van der Waals surface area (Å²) < 4.78 is 5.14. The van der Waals surface area contributed by atoms with Crippen LogP contribution in [0.3, 0.4) is 0 Å². The second-order valence-corrected chi connectivity index (χ2v) is 14.5. The summed E-state index contributed by atoms with van der Waals surface area (Å²) in [7, 11) is 2.28. The van der Waals surface area contributed by atoms with E-state index in [-0.39, 0.29) is 6.71 Å². The molecule has 0 atom stereocenters. The maximum Gasteiger partial charge on any atom is 0.296 e. The summed E-state index contributed by atoms with van der Waals surface area (Å²) in [5, 5.41) is 4.08. The standard InChI is InChI=1S/C43H41BN3/c1-25(2)29-17-13-18-30(26(3)4)39(29)38-24-46-23-33-40-32(31-16-8-10-20-36(31)47(38)43(40)46)22-35-42(33)45(7)37-21-11-9-19-34(37)44(35)41-27(5)14-12-15-28(41)6/h8-22,24-26H,23H2,1-7H3/q+1. The van der Waals surface area contributed by atoms with Gasteiger partial charge in [-0.3, -0.25) is 0 Å². The van der Waals surface area contributed by atoms with Crippen LogP contribution in [0.25, 0.3) is 38.6 Å². The zero-order chi connectivity index (χ0) is 32.3. The van der Waals surface area contributed by atoms with Crippen LogP contribution in [0.2, 0.25) is 0 Å². The van der Waals surface area contributed by atoms with Crippen molar-refractivity contribution in [2.24, 2.45) is 0 Å². The maximum absolute atomic E-state index is 2.59. The lowest BCUT2D eigenvalue weighted by Crippen LogP contribution is -2.59. The van der Waals surface area contributed by atoms with Crippen molar-refractivity contribution in [3.8, 4) is 11.3 Å². The Hall–Kier alpha value is -4.83. The zero-order valence-electron chi connectivity index (χ0n) is 28.5. The zero-order valence-corrected chi connectivity index (χ0v) is 28.5. The lowest BCUT2D eigenvalue weighted by Gasteiger charge is -2.36. The number of hydrogen-bond acceptors (Lipinski definition) is 1. The third-order valence-electron chi connectivity index (χ3n) is 11.1. The van der Waals surface area contributed by atoms with Crippen LogP contribution in [0.5, 0.6) is 0 Å². The minimum Gasteiger partial charge on any atom is -0.345 e. The number of imidazole rings is 1. The molecule has 4 heteroatoms. The van der Waals surface area contributed by atoms with Crippen LogP contribution in [0, 0.1) is 13.8 Å². The minimum absolute atomic E-state index is 0.170. The van der Waals surface area contributed by atoms with Crippen LogP contribution >= 0.6 is 0 Å². The van der Waals surface area contributed by atoms with Crippen LogP contribution in [-0.2, 0) is 6.54 Å². The van der Waals surface area contributed by atoms with Gasteiger partial charge in [0.15, 0.2) is 5.69 Å². The second-order valence-electron chi connectivity index (χ2n) is 14.5. The Morgan fingerprint density at radius 1 is 0.723 bits per heavy atom. The number of nitrogens with zero attached hydrogens (tertiary/aromatic N) is 3. The van der Waals surface area contributed by atoms with E-state index >= 15 is 0 Å². The Labute approximate surface area is 278 Å². The monoisotopic (exact) mass is 610 g/mol. The summed E-state index contributed by atoms with van der Waals surface area (Å²) in [5.41, 5.74) is 19.2. The number of aryl methyl sites for hydroxylation is 2. The van der Waals surface area contributed by atoms with Gasteiger partial charge in [-0.1, -0.05) is 123 Å². The number of para-hydroxylation sites is 2. The average molecular weight is 611 g/mol. The van der Waals surface area contributed by atoms with Gasteiger partial charge in [0.2, 0.25) is 6.71 Å². The maximum atomic E-state index is 2.59. The third-order valence-corrected chi connectivity index (χ3v) is 11.1. The highest BCUT2D eigenvalue weighted by Crippen LogP contribution is 2.44. The van der Waals surface area contributed by atoms with Crippen LogP contribution in [0.15, 0.2) is 97.2 Å². The molecule has 3 nitrogen and oxygen atoms in total. The van der Waals surface area contributed by atoms with Gasteiger partial charge in [-0.2, -0.15) is 4.40 Å². The second kappa shape index (κ2) is 10.1. The van der Waals surface area contributed by atoms with E-state index in [1.807, 2.05) is 0 Å². The smallest absolute Gasteiger partial charge is 0.296 e. The van der Waals surface area contributed by atoms with Gasteiger partial charge in [-0.15, -0.1) is 0 Å². The molecule has 0 unspecified atom stereocenters. The molecular formula is C43H41BN3+. The molecule has 0 saturated heterocycles. The lowest BCUT2D eigenvalue weighted by atomic mass is 9.33. The molecule has 0 bridgehead atoms. The molecule has 2 aliphatic heterocycles. The fraction of sp³-hybridized carbons (Fsp3) is 0.233. The Bertz CT molecular complexity index is 2400. The number of fused-ring (bicyclic) bond motifs is 6. The van der Waals surface area contributed by atoms with E-state index in [1.165, 1.54) is 94.2 Å². The van der Waals surface area contributed by atoms with Crippen LogP contribution < -0.4 is 25.9 Å². The molecule has 5 aromatic carbocycles. The van der Waals surface area contributed by atoms with Crippen LogP contribution in [-0.4, -0.2) is 18.2 Å². The van der Waals surface area contributed by atoms with Gasteiger partial charge < -0.3 is 4.90 Å². The van der Waals surface area contributed by atoms with Crippen molar-refractivity contribution >= 4 is 61.8 Å². The van der Waals surface area contributed by atoms with Gasteiger partial charge in [0.25, 0.3) is 5.65 Å². The van der Waals surface area contributed by atoms with Gasteiger partial charge in [0.1, 0.15) is 18.3 Å². The highest BCUT2D eigenvalue weighted by Gasteiger charge is 2.41. The summed E-state index contributed by atoms with van der Waals surface area (Å²) in [4.78, 5) is 2.48. The molecule has 4 heterocycles. The molecule has 2 aliphatic rings. The number of rotatable bonds is 4. The lowest BCUT2D eigenvalue weighted by molar-refractivity contribution is -0.656. The fourth-order valence-electron chi connectivity index (χ4n) is 9.13. The predicted molar refractivity (Wildman–Crippen MR) is 200 cm³/mol. The van der Waals surface area contributed by atoms with Gasteiger partial charge in [-0.05, 0) is 59.9 Å². The van der Waals surface area contributed by atoms with Gasteiger partial charge in [0.05, 0.1) is 5.39 Å². The van der Waals surface area contributed by atoms with E-state index in [0.29, 0.717) is 11.8 Å². The first-order chi connectivity index (χ1) is 22.8. The molecule has 230 valence electrons. The van der Waals surface area contributed by atoms with Crippen molar-refractivity contribution in [3.63, 3.8) is 0 Å². The van der Waals surface area contributed by atoms with E-state index in [9.17, 15) is 0 Å². The number of hydrogen-bond donors (Lipinski definition) is 0. The van der Waals surface area contributed by atoms with Gasteiger partial charge in [-0.25, -0.2) is 4.57 Å². The predicted octanol–water partition coefficient (Wildman–Crippen LogP) is 8.02. The summed E-state index contributed by atoms with van der Waals surface area (Å²) >= 11 is 0. The van der Waals surface area contributed by atoms with Crippen molar-refractivity contribution in [2.75, 3.05) is 11.9 Å². The fourth-order valence-corrected chi connectivity index (χ4v) is 9.13.